The molecule has 0 aromatic heterocycles. The summed E-state index contributed by atoms with van der Waals surface area (Å²) in [6.07, 6.45) is 2.12. The molecule has 0 nitrogen and oxygen atoms in total. The molecule has 2 heteroatoms. The van der Waals surface area contributed by atoms with Crippen molar-refractivity contribution in [2.75, 3.05) is 0 Å². The Morgan fingerprint density at radius 1 is 1.25 bits per heavy atom. The van der Waals surface area contributed by atoms with Crippen LogP contribution >= 0.6 is 0 Å². The largest absolute Gasteiger partial charge is 0.111 e. The fraction of sp³-hybridized carbons (Fsp3) is 0.667. The summed E-state index contributed by atoms with van der Waals surface area (Å²) in [6.45, 7) is 7.98. The van der Waals surface area contributed by atoms with Crippen molar-refractivity contribution in [1.82, 2.24) is 0 Å². The van der Waals surface area contributed by atoms with Crippen LogP contribution in [0.3, 0.4) is 0 Å². The van der Waals surface area contributed by atoms with Gasteiger partial charge in [0.1, 0.15) is 14.6 Å². The third kappa shape index (κ3) is 4.04. The molecule has 0 rings (SSSR count). The summed E-state index contributed by atoms with van der Waals surface area (Å²) in [5.74, 6) is 0. The van der Waals surface area contributed by atoms with E-state index in [0.717, 1.165) is 12.6 Å². The van der Waals surface area contributed by atoms with E-state index in [1.165, 1.54) is 5.57 Å². The number of allylic oxidation sites excluding steroid dienone is 1. The van der Waals surface area contributed by atoms with Crippen LogP contribution in [0.2, 0.25) is 26.3 Å². The van der Waals surface area contributed by atoms with Gasteiger partial charge in [-0.2, -0.15) is 0 Å². The van der Waals surface area contributed by atoms with E-state index >= 15 is 0 Å². The molecule has 0 unspecified atom stereocenters. The van der Waals surface area contributed by atoms with E-state index in [9.17, 15) is 0 Å². The summed E-state index contributed by atoms with van der Waals surface area (Å²) in [7, 11) is 4.26. The third-order valence-electron chi connectivity index (χ3n) is 0.986. The average Bonchev–Trinajstić information content (AvgIpc) is 1.68. The lowest BCUT2D eigenvalue weighted by atomic mass is 9.67. The van der Waals surface area contributed by atoms with E-state index in [4.69, 9.17) is 0 Å². The van der Waals surface area contributed by atoms with Gasteiger partial charge in [0.2, 0.25) is 0 Å². The van der Waals surface area contributed by atoms with E-state index in [1.54, 1.807) is 0 Å². The van der Waals surface area contributed by atoms with Crippen molar-refractivity contribution in [3.05, 3.63) is 12.2 Å². The maximum Gasteiger partial charge on any atom is 0.111 e. The van der Waals surface area contributed by atoms with Crippen LogP contribution < -0.4 is 0 Å². The van der Waals surface area contributed by atoms with E-state index in [0.29, 0.717) is 0 Å². The highest BCUT2D eigenvalue weighted by atomic mass is 13.8. The quantitative estimate of drug-likeness (QED) is 0.379. The summed E-state index contributed by atoms with van der Waals surface area (Å²) in [5.41, 5.74) is 1.30. The van der Waals surface area contributed by atoms with E-state index in [2.05, 4.69) is 34.8 Å². The molecule has 0 bridgehead atoms. The van der Waals surface area contributed by atoms with Gasteiger partial charge in [0.05, 0.1) is 0 Å². The summed E-state index contributed by atoms with van der Waals surface area (Å²) in [6, 6.07) is 0. The van der Waals surface area contributed by atoms with Crippen LogP contribution in [0.1, 0.15) is 0 Å². The zero-order valence-corrected chi connectivity index (χ0v) is 5.78. The molecule has 0 saturated carbocycles. The molecule has 0 aromatic carbocycles. The first-order valence-corrected chi connectivity index (χ1v) is 3.03. The summed E-state index contributed by atoms with van der Waals surface area (Å²) in [5, 5.41) is 0. The Labute approximate surface area is 53.8 Å². The minimum absolute atomic E-state index is 1.06. The number of rotatable bonds is 4. The van der Waals surface area contributed by atoms with Crippen LogP contribution in [0.5, 0.6) is 0 Å². The van der Waals surface area contributed by atoms with Crippen LogP contribution in [-0.4, -0.2) is 14.6 Å². The van der Waals surface area contributed by atoms with Crippen molar-refractivity contribution in [3.8, 4) is 0 Å². The topological polar surface area (TPSA) is 0 Å². The summed E-state index contributed by atoms with van der Waals surface area (Å²) < 4.78 is 0. The lowest BCUT2D eigenvalue weighted by Crippen LogP contribution is -1.88. The van der Waals surface area contributed by atoms with Gasteiger partial charge in [0.25, 0.3) is 0 Å². The second kappa shape index (κ2) is 5.02. The van der Waals surface area contributed by atoms with Gasteiger partial charge in [-0.25, -0.2) is 0 Å². The average molecular weight is 106 g/mol. The van der Waals surface area contributed by atoms with Crippen LogP contribution in [0.15, 0.2) is 12.2 Å². The predicted molar refractivity (Wildman–Crippen MR) is 42.0 cm³/mol. The predicted octanol–water partition coefficient (Wildman–Crippen LogP) is 1.88. The highest BCUT2D eigenvalue weighted by molar-refractivity contribution is 6.37. The molecule has 0 spiro atoms. The SMILES string of the molecule is C=C(C[B]C)C[B]C. The van der Waals surface area contributed by atoms with Gasteiger partial charge in [-0.15, -0.1) is 6.58 Å². The molecule has 42 valence electrons. The molecule has 0 fully saturated rings. The Morgan fingerprint density at radius 2 is 1.62 bits per heavy atom. The summed E-state index contributed by atoms with van der Waals surface area (Å²) in [4.78, 5) is 0. The maximum atomic E-state index is 3.87. The molecule has 0 aliphatic carbocycles. The second-order valence-corrected chi connectivity index (χ2v) is 1.97. The van der Waals surface area contributed by atoms with Crippen molar-refractivity contribution < 1.29 is 0 Å². The standard InChI is InChI=1S/C6H12B2/c1-6(4-7-2)5-8-3/h1,4-5H2,2-3H3. The third-order valence-corrected chi connectivity index (χ3v) is 0.986. The fourth-order valence-corrected chi connectivity index (χ4v) is 0.661. The molecular weight excluding hydrogens is 93.7 g/mol. The number of hydrogen-bond acceptors (Lipinski definition) is 0. The monoisotopic (exact) mass is 106 g/mol. The Kier molecular flexibility index (Phi) is 4.93. The first kappa shape index (κ1) is 7.87. The van der Waals surface area contributed by atoms with Crippen molar-refractivity contribution in [2.24, 2.45) is 0 Å². The van der Waals surface area contributed by atoms with Crippen molar-refractivity contribution in [2.45, 2.75) is 26.3 Å². The smallest absolute Gasteiger partial charge is 0.101 e. The number of hydrogen-bond donors (Lipinski definition) is 0. The van der Waals surface area contributed by atoms with E-state index in [-0.39, 0.29) is 0 Å². The van der Waals surface area contributed by atoms with Gasteiger partial charge in [0, 0.05) is 0 Å². The highest BCUT2D eigenvalue weighted by Gasteiger charge is 1.89. The summed E-state index contributed by atoms with van der Waals surface area (Å²) >= 11 is 0. The van der Waals surface area contributed by atoms with Gasteiger partial charge < -0.3 is 0 Å². The second-order valence-electron chi connectivity index (χ2n) is 1.97. The van der Waals surface area contributed by atoms with E-state index < -0.39 is 0 Å². The molecule has 0 aromatic rings. The minimum Gasteiger partial charge on any atom is -0.101 e. The lowest BCUT2D eigenvalue weighted by molar-refractivity contribution is 1.37. The first-order chi connectivity index (χ1) is 3.81. The molecule has 0 aliphatic heterocycles. The van der Waals surface area contributed by atoms with Gasteiger partial charge in [-0.1, -0.05) is 31.9 Å². The Hall–Kier alpha value is -0.130. The fourth-order valence-electron chi connectivity index (χ4n) is 0.661. The molecule has 0 aliphatic rings. The van der Waals surface area contributed by atoms with Crippen LogP contribution in [0.25, 0.3) is 0 Å². The molecule has 0 heterocycles. The zero-order chi connectivity index (χ0) is 6.41. The van der Waals surface area contributed by atoms with Crippen molar-refractivity contribution >= 4 is 14.6 Å². The normalized spacial score (nSPS) is 8.25. The highest BCUT2D eigenvalue weighted by Crippen LogP contribution is 2.02. The Morgan fingerprint density at radius 3 is 1.88 bits per heavy atom. The van der Waals surface area contributed by atoms with E-state index in [1.807, 2.05) is 0 Å². The Balaban J connectivity index is 3.06. The molecule has 0 N–H and O–H groups in total. The lowest BCUT2D eigenvalue weighted by Gasteiger charge is -1.96. The molecular formula is C6H12B2. The molecule has 0 atom stereocenters. The Bertz CT molecular complexity index is 60.9. The van der Waals surface area contributed by atoms with Gasteiger partial charge in [-0.05, 0) is 0 Å². The van der Waals surface area contributed by atoms with Crippen LogP contribution in [0, 0.1) is 0 Å². The minimum atomic E-state index is 1.06. The van der Waals surface area contributed by atoms with Gasteiger partial charge in [0.15, 0.2) is 0 Å². The van der Waals surface area contributed by atoms with Crippen molar-refractivity contribution in [3.63, 3.8) is 0 Å². The van der Waals surface area contributed by atoms with Crippen LogP contribution in [0.4, 0.5) is 0 Å². The van der Waals surface area contributed by atoms with Gasteiger partial charge in [-0.3, -0.25) is 0 Å². The zero-order valence-electron chi connectivity index (χ0n) is 5.78. The first-order valence-electron chi connectivity index (χ1n) is 3.03. The molecule has 0 amide bonds. The maximum absolute atomic E-state index is 3.87. The molecule has 0 saturated heterocycles. The van der Waals surface area contributed by atoms with Crippen LogP contribution in [-0.2, 0) is 0 Å². The molecule has 2 radical (unpaired) electrons. The molecule has 8 heavy (non-hydrogen) atoms. The van der Waals surface area contributed by atoms with Crippen molar-refractivity contribution in [1.29, 1.82) is 0 Å². The van der Waals surface area contributed by atoms with Gasteiger partial charge >= 0.3 is 0 Å².